The van der Waals surface area contributed by atoms with Crippen LogP contribution in [0.2, 0.25) is 0 Å². The minimum Gasteiger partial charge on any atom is -0.478 e. The van der Waals surface area contributed by atoms with Gasteiger partial charge in [0.2, 0.25) is 0 Å². The predicted octanol–water partition coefficient (Wildman–Crippen LogP) is 1.72. The summed E-state index contributed by atoms with van der Waals surface area (Å²) in [6.07, 6.45) is 0. The third-order valence-electron chi connectivity index (χ3n) is 2.79. The Kier molecular flexibility index (Phi) is 4.82. The third kappa shape index (κ3) is 3.65. The van der Waals surface area contributed by atoms with Gasteiger partial charge in [0.15, 0.2) is 0 Å². The zero-order valence-corrected chi connectivity index (χ0v) is 10.7. The number of aromatic carboxylic acids is 1. The van der Waals surface area contributed by atoms with E-state index in [1.54, 1.807) is 0 Å². The number of carboxylic acids is 1. The average Bonchev–Trinajstić information content (AvgIpc) is 2.35. The molecule has 1 aromatic carbocycles. The van der Waals surface area contributed by atoms with Crippen LogP contribution in [0, 0.1) is 16.0 Å². The largest absolute Gasteiger partial charge is 0.478 e. The first-order chi connectivity index (χ1) is 8.86. The number of aliphatic hydroxyl groups excluding tert-OH is 1. The number of carbonyl (C=O) groups is 1. The molecule has 0 aromatic heterocycles. The zero-order valence-electron chi connectivity index (χ0n) is 10.7. The molecule has 0 saturated carbocycles. The lowest BCUT2D eigenvalue weighted by molar-refractivity contribution is -0.384. The number of hydrogen-bond acceptors (Lipinski definition) is 5. The fraction of sp³-hybridized carbons (Fsp3) is 0.417. The first-order valence-corrected chi connectivity index (χ1v) is 5.76. The SMILES string of the molecule is CC(C)C(CO)Nc1ccc([N+](=O)[O-])cc1C(=O)O. The lowest BCUT2D eigenvalue weighted by atomic mass is 10.0. The number of benzene rings is 1. The summed E-state index contributed by atoms with van der Waals surface area (Å²) in [4.78, 5) is 21.1. The van der Waals surface area contributed by atoms with Crippen molar-refractivity contribution in [3.63, 3.8) is 0 Å². The molecule has 1 unspecified atom stereocenters. The van der Waals surface area contributed by atoms with Gasteiger partial charge in [-0.3, -0.25) is 10.1 Å². The monoisotopic (exact) mass is 268 g/mol. The molecule has 0 aliphatic rings. The van der Waals surface area contributed by atoms with Gasteiger partial charge in [-0.1, -0.05) is 13.8 Å². The molecule has 1 aromatic rings. The number of nitrogens with one attached hydrogen (secondary N) is 1. The van der Waals surface area contributed by atoms with E-state index in [1.165, 1.54) is 12.1 Å². The lowest BCUT2D eigenvalue weighted by Crippen LogP contribution is -2.30. The Morgan fingerprint density at radius 3 is 2.53 bits per heavy atom. The fourth-order valence-electron chi connectivity index (χ4n) is 1.57. The number of anilines is 1. The van der Waals surface area contributed by atoms with Gasteiger partial charge in [-0.15, -0.1) is 0 Å². The van der Waals surface area contributed by atoms with E-state index >= 15 is 0 Å². The fourth-order valence-corrected chi connectivity index (χ4v) is 1.57. The first-order valence-electron chi connectivity index (χ1n) is 5.76. The van der Waals surface area contributed by atoms with E-state index in [4.69, 9.17) is 5.11 Å². The minimum absolute atomic E-state index is 0.0850. The van der Waals surface area contributed by atoms with Crippen LogP contribution in [0.5, 0.6) is 0 Å². The normalized spacial score (nSPS) is 12.2. The lowest BCUT2D eigenvalue weighted by Gasteiger charge is -2.22. The molecular weight excluding hydrogens is 252 g/mol. The summed E-state index contributed by atoms with van der Waals surface area (Å²) in [6.45, 7) is 3.59. The molecule has 0 amide bonds. The molecule has 0 saturated heterocycles. The van der Waals surface area contributed by atoms with Crippen molar-refractivity contribution < 1.29 is 19.9 Å². The topological polar surface area (TPSA) is 113 Å². The van der Waals surface area contributed by atoms with Crippen LogP contribution in [0.15, 0.2) is 18.2 Å². The summed E-state index contributed by atoms with van der Waals surface area (Å²) < 4.78 is 0. The van der Waals surface area contributed by atoms with Gasteiger partial charge in [0.1, 0.15) is 0 Å². The summed E-state index contributed by atoms with van der Waals surface area (Å²) in [5.41, 5.74) is -0.216. The average molecular weight is 268 g/mol. The summed E-state index contributed by atoms with van der Waals surface area (Å²) in [6, 6.07) is 3.25. The number of aliphatic hydroxyl groups is 1. The van der Waals surface area contributed by atoms with Crippen molar-refractivity contribution >= 4 is 17.3 Å². The Hall–Kier alpha value is -2.15. The molecule has 0 aliphatic heterocycles. The molecule has 0 radical (unpaired) electrons. The number of rotatable bonds is 6. The number of non-ortho nitro benzene ring substituents is 1. The predicted molar refractivity (Wildman–Crippen MR) is 69.4 cm³/mol. The number of nitro groups is 1. The Bertz CT molecular complexity index is 487. The number of nitrogens with zero attached hydrogens (tertiary/aromatic N) is 1. The highest BCUT2D eigenvalue weighted by Crippen LogP contribution is 2.23. The van der Waals surface area contributed by atoms with Crippen LogP contribution in [-0.4, -0.2) is 33.8 Å². The van der Waals surface area contributed by atoms with E-state index < -0.39 is 10.9 Å². The Morgan fingerprint density at radius 1 is 1.47 bits per heavy atom. The maximum Gasteiger partial charge on any atom is 0.338 e. The van der Waals surface area contributed by atoms with Crippen LogP contribution in [0.1, 0.15) is 24.2 Å². The van der Waals surface area contributed by atoms with E-state index in [-0.39, 0.29) is 35.5 Å². The summed E-state index contributed by atoms with van der Waals surface area (Å²) in [5.74, 6) is -1.17. The van der Waals surface area contributed by atoms with Crippen LogP contribution in [-0.2, 0) is 0 Å². The van der Waals surface area contributed by atoms with Crippen molar-refractivity contribution in [1.29, 1.82) is 0 Å². The minimum atomic E-state index is -1.26. The molecule has 0 heterocycles. The van der Waals surface area contributed by atoms with Crippen molar-refractivity contribution in [3.05, 3.63) is 33.9 Å². The summed E-state index contributed by atoms with van der Waals surface area (Å²) in [5, 5.41) is 31.8. The number of hydrogen-bond donors (Lipinski definition) is 3. The smallest absolute Gasteiger partial charge is 0.338 e. The van der Waals surface area contributed by atoms with E-state index in [9.17, 15) is 20.0 Å². The maximum atomic E-state index is 11.1. The Labute approximate surface area is 110 Å². The van der Waals surface area contributed by atoms with Gasteiger partial charge < -0.3 is 15.5 Å². The summed E-state index contributed by atoms with van der Waals surface area (Å²) >= 11 is 0. The molecular formula is C12H16N2O5. The van der Waals surface area contributed by atoms with Gasteiger partial charge in [0, 0.05) is 17.8 Å². The van der Waals surface area contributed by atoms with E-state index in [0.29, 0.717) is 0 Å². The molecule has 7 heteroatoms. The molecule has 0 bridgehead atoms. The third-order valence-corrected chi connectivity index (χ3v) is 2.79. The molecule has 0 fully saturated rings. The molecule has 1 rings (SSSR count). The van der Waals surface area contributed by atoms with Crippen LogP contribution >= 0.6 is 0 Å². The van der Waals surface area contributed by atoms with Crippen molar-refractivity contribution in [2.45, 2.75) is 19.9 Å². The molecule has 7 nitrogen and oxygen atoms in total. The van der Waals surface area contributed by atoms with Gasteiger partial charge in [0.05, 0.1) is 23.1 Å². The summed E-state index contributed by atoms with van der Waals surface area (Å²) in [7, 11) is 0. The van der Waals surface area contributed by atoms with E-state index in [0.717, 1.165) is 6.07 Å². The van der Waals surface area contributed by atoms with E-state index in [2.05, 4.69) is 5.32 Å². The van der Waals surface area contributed by atoms with Crippen molar-refractivity contribution in [3.8, 4) is 0 Å². The van der Waals surface area contributed by atoms with Crippen LogP contribution in [0.25, 0.3) is 0 Å². The van der Waals surface area contributed by atoms with E-state index in [1.807, 2.05) is 13.8 Å². The van der Waals surface area contributed by atoms with Gasteiger partial charge in [-0.2, -0.15) is 0 Å². The maximum absolute atomic E-state index is 11.1. The van der Waals surface area contributed by atoms with Crippen molar-refractivity contribution in [2.75, 3.05) is 11.9 Å². The van der Waals surface area contributed by atoms with Gasteiger partial charge in [-0.05, 0) is 12.0 Å². The number of nitro benzene ring substituents is 1. The van der Waals surface area contributed by atoms with Crippen LogP contribution < -0.4 is 5.32 Å². The molecule has 0 spiro atoms. The molecule has 0 aliphatic carbocycles. The highest BCUT2D eigenvalue weighted by atomic mass is 16.6. The second-order valence-electron chi connectivity index (χ2n) is 4.47. The highest BCUT2D eigenvalue weighted by molar-refractivity contribution is 5.95. The second-order valence-corrected chi connectivity index (χ2v) is 4.47. The molecule has 1 atom stereocenters. The van der Waals surface area contributed by atoms with Crippen molar-refractivity contribution in [1.82, 2.24) is 0 Å². The van der Waals surface area contributed by atoms with Gasteiger partial charge in [-0.25, -0.2) is 4.79 Å². The molecule has 19 heavy (non-hydrogen) atoms. The molecule has 3 N–H and O–H groups in total. The van der Waals surface area contributed by atoms with Gasteiger partial charge in [0.25, 0.3) is 5.69 Å². The second kappa shape index (κ2) is 6.14. The highest BCUT2D eigenvalue weighted by Gasteiger charge is 2.19. The standard InChI is InChI=1S/C12H16N2O5/c1-7(2)11(6-15)13-10-4-3-8(14(18)19)5-9(10)12(16)17/h3-5,7,11,13,15H,6H2,1-2H3,(H,16,17). The van der Waals surface area contributed by atoms with Crippen LogP contribution in [0.3, 0.4) is 0 Å². The number of carboxylic acid groups (broad SMARTS) is 1. The van der Waals surface area contributed by atoms with Gasteiger partial charge >= 0.3 is 5.97 Å². The quantitative estimate of drug-likeness (QED) is 0.535. The van der Waals surface area contributed by atoms with Crippen LogP contribution in [0.4, 0.5) is 11.4 Å². The Balaban J connectivity index is 3.13. The molecule has 104 valence electrons. The van der Waals surface area contributed by atoms with Crippen molar-refractivity contribution in [2.24, 2.45) is 5.92 Å². The Morgan fingerprint density at radius 2 is 2.11 bits per heavy atom. The first kappa shape index (κ1) is 14.9. The zero-order chi connectivity index (χ0) is 14.6.